The molecule has 1 aromatic rings. The number of Topliss-reactive ketones (excluding diaryl/α,β-unsaturated/α-hetero) is 3. The Morgan fingerprint density at radius 3 is 2.31 bits per heavy atom. The molecular weight excluding hydrogens is 458 g/mol. The molecule has 1 fully saturated rings. The standard InChI is InChI=1S/C24H31N3O8/c1-26(2)15(10-28)14-8-11-7-13-12(23(34)27(3)4)5-6-16(29)20(13)21(32)19(11)22(33)24(14,35)17(30)9-18(25)31/h5-6,11,14-15,19,28-29,35H,7-10H2,1-4H3,(H2,25,31)/t11-,14-,15?,19?,24?/m0/s1. The van der Waals surface area contributed by atoms with E-state index in [4.69, 9.17) is 5.73 Å². The molecule has 2 amide bonds. The van der Waals surface area contributed by atoms with E-state index in [-0.39, 0.29) is 29.9 Å². The van der Waals surface area contributed by atoms with Crippen LogP contribution in [0.1, 0.15) is 39.1 Å². The predicted molar refractivity (Wildman–Crippen MR) is 123 cm³/mol. The molecule has 0 radical (unpaired) electrons. The van der Waals surface area contributed by atoms with Gasteiger partial charge in [-0.05, 0) is 50.6 Å². The Morgan fingerprint density at radius 2 is 1.80 bits per heavy atom. The van der Waals surface area contributed by atoms with Crippen molar-refractivity contribution in [3.63, 3.8) is 0 Å². The fraction of sp³-hybridized carbons (Fsp3) is 0.542. The number of ketones is 3. The number of aliphatic hydroxyl groups is 2. The summed E-state index contributed by atoms with van der Waals surface area (Å²) in [5, 5.41) is 32.0. The predicted octanol–water partition coefficient (Wildman–Crippen LogP) is -1.25. The Balaban J connectivity index is 2.19. The van der Waals surface area contributed by atoms with Crippen LogP contribution in [0.15, 0.2) is 12.1 Å². The van der Waals surface area contributed by atoms with E-state index < -0.39 is 71.4 Å². The van der Waals surface area contributed by atoms with E-state index in [2.05, 4.69) is 0 Å². The second-order valence-electron chi connectivity index (χ2n) is 9.74. The zero-order valence-electron chi connectivity index (χ0n) is 20.1. The third-order valence-electron chi connectivity index (χ3n) is 7.22. The zero-order chi connectivity index (χ0) is 26.4. The number of hydrogen-bond acceptors (Lipinski definition) is 9. The van der Waals surface area contributed by atoms with Gasteiger partial charge < -0.3 is 30.9 Å². The van der Waals surface area contributed by atoms with E-state index in [9.17, 15) is 39.3 Å². The van der Waals surface area contributed by atoms with Crippen LogP contribution in [0.2, 0.25) is 0 Å². The summed E-state index contributed by atoms with van der Waals surface area (Å²) in [6, 6.07) is 1.75. The number of phenols is 1. The monoisotopic (exact) mass is 489 g/mol. The summed E-state index contributed by atoms with van der Waals surface area (Å²) in [6.45, 7) is -0.510. The van der Waals surface area contributed by atoms with E-state index in [0.29, 0.717) is 5.56 Å². The molecule has 2 aliphatic rings. The van der Waals surface area contributed by atoms with Gasteiger partial charge >= 0.3 is 0 Å². The molecule has 190 valence electrons. The molecule has 11 nitrogen and oxygen atoms in total. The number of aliphatic hydroxyl groups excluding tert-OH is 1. The minimum atomic E-state index is -2.74. The Hall–Kier alpha value is -3.15. The highest BCUT2D eigenvalue weighted by Crippen LogP contribution is 2.48. The number of benzene rings is 1. The lowest BCUT2D eigenvalue weighted by molar-refractivity contribution is -0.171. The van der Waals surface area contributed by atoms with Gasteiger partial charge in [-0.25, -0.2) is 0 Å². The molecule has 0 bridgehead atoms. The van der Waals surface area contributed by atoms with Crippen LogP contribution < -0.4 is 5.73 Å². The molecule has 2 aliphatic carbocycles. The average Bonchev–Trinajstić information content (AvgIpc) is 2.76. The lowest BCUT2D eigenvalue weighted by Crippen LogP contribution is -2.67. The SMILES string of the molecule is CN(C)C(=O)c1ccc(O)c2c1C[C@H]1C[C@@H](C(CO)N(C)C)C(O)(C(=O)CC(N)=O)C(=O)C1C2=O. The molecule has 0 aliphatic heterocycles. The van der Waals surface area contributed by atoms with Gasteiger partial charge in [0.25, 0.3) is 5.91 Å². The summed E-state index contributed by atoms with van der Waals surface area (Å²) in [6.07, 6.45) is -0.889. The number of carbonyl (C=O) groups excluding carboxylic acids is 5. The van der Waals surface area contributed by atoms with Crippen molar-refractivity contribution in [3.05, 3.63) is 28.8 Å². The maximum atomic E-state index is 13.7. The molecular formula is C24H31N3O8. The Bertz CT molecular complexity index is 1100. The van der Waals surface area contributed by atoms with E-state index in [1.807, 2.05) is 0 Å². The number of likely N-dealkylation sites (N-methyl/N-ethyl adjacent to an activating group) is 1. The average molecular weight is 490 g/mol. The van der Waals surface area contributed by atoms with Gasteiger partial charge in [-0.1, -0.05) is 0 Å². The van der Waals surface area contributed by atoms with Crippen LogP contribution >= 0.6 is 0 Å². The zero-order valence-corrected chi connectivity index (χ0v) is 20.1. The summed E-state index contributed by atoms with van der Waals surface area (Å²) in [5.74, 6) is -8.22. The lowest BCUT2D eigenvalue weighted by Gasteiger charge is -2.49. The number of carbonyl (C=O) groups is 5. The molecule has 0 heterocycles. The fourth-order valence-corrected chi connectivity index (χ4v) is 5.51. The Kier molecular flexibility index (Phi) is 7.16. The number of amides is 2. The smallest absolute Gasteiger partial charge is 0.253 e. The van der Waals surface area contributed by atoms with Crippen LogP contribution in [0.5, 0.6) is 5.75 Å². The largest absolute Gasteiger partial charge is 0.507 e. The molecule has 0 spiro atoms. The molecule has 11 heteroatoms. The van der Waals surface area contributed by atoms with Gasteiger partial charge in [-0.2, -0.15) is 0 Å². The molecule has 1 aromatic carbocycles. The number of phenolic OH excluding ortho intramolecular Hbond substituents is 1. The highest BCUT2D eigenvalue weighted by Gasteiger charge is 2.62. The number of hydrogen-bond donors (Lipinski definition) is 4. The van der Waals surface area contributed by atoms with E-state index >= 15 is 0 Å². The molecule has 0 aromatic heterocycles. The van der Waals surface area contributed by atoms with E-state index in [1.165, 1.54) is 17.0 Å². The third-order valence-corrected chi connectivity index (χ3v) is 7.22. The topological polar surface area (TPSA) is 179 Å². The van der Waals surface area contributed by atoms with Crippen molar-refractivity contribution in [3.8, 4) is 5.75 Å². The van der Waals surface area contributed by atoms with Crippen LogP contribution in [0.4, 0.5) is 0 Å². The van der Waals surface area contributed by atoms with Crippen molar-refractivity contribution in [2.75, 3.05) is 34.8 Å². The normalized spacial score (nSPS) is 26.7. The van der Waals surface area contributed by atoms with Gasteiger partial charge in [0.1, 0.15) is 5.75 Å². The van der Waals surface area contributed by atoms with Crippen LogP contribution in [0.25, 0.3) is 0 Å². The van der Waals surface area contributed by atoms with Crippen molar-refractivity contribution in [1.29, 1.82) is 0 Å². The minimum Gasteiger partial charge on any atom is -0.507 e. The van der Waals surface area contributed by atoms with Crippen LogP contribution in [-0.2, 0) is 20.8 Å². The second kappa shape index (κ2) is 9.48. The first kappa shape index (κ1) is 26.5. The molecule has 3 rings (SSSR count). The summed E-state index contributed by atoms with van der Waals surface area (Å²) < 4.78 is 0. The van der Waals surface area contributed by atoms with E-state index in [0.717, 1.165) is 0 Å². The van der Waals surface area contributed by atoms with Crippen LogP contribution in [0.3, 0.4) is 0 Å². The highest BCUT2D eigenvalue weighted by atomic mass is 16.3. The number of nitrogens with two attached hydrogens (primary N) is 1. The molecule has 3 unspecified atom stereocenters. The molecule has 0 saturated heterocycles. The van der Waals surface area contributed by atoms with E-state index in [1.54, 1.807) is 33.1 Å². The third kappa shape index (κ3) is 4.24. The number of fused-ring (bicyclic) bond motifs is 2. The maximum absolute atomic E-state index is 13.7. The quantitative estimate of drug-likeness (QED) is 0.341. The number of nitrogens with zero attached hydrogens (tertiary/aromatic N) is 2. The summed E-state index contributed by atoms with van der Waals surface area (Å²) in [4.78, 5) is 67.4. The van der Waals surface area contributed by atoms with Crippen LogP contribution in [0, 0.1) is 17.8 Å². The number of primary amides is 1. The molecule has 5 N–H and O–H groups in total. The number of aromatic hydroxyl groups is 1. The lowest BCUT2D eigenvalue weighted by atomic mass is 9.56. The van der Waals surface area contributed by atoms with Crippen molar-refractivity contribution in [2.45, 2.75) is 30.9 Å². The Labute approximate surface area is 202 Å². The van der Waals surface area contributed by atoms with Crippen molar-refractivity contribution in [2.24, 2.45) is 23.5 Å². The first-order valence-electron chi connectivity index (χ1n) is 11.2. The molecule has 5 atom stereocenters. The van der Waals surface area contributed by atoms with Gasteiger partial charge in [0.2, 0.25) is 5.91 Å². The number of rotatable bonds is 7. The highest BCUT2D eigenvalue weighted by molar-refractivity contribution is 6.24. The summed E-state index contributed by atoms with van der Waals surface area (Å²) >= 11 is 0. The molecule has 1 saturated carbocycles. The van der Waals surface area contributed by atoms with Crippen LogP contribution in [-0.4, -0.2) is 101 Å². The van der Waals surface area contributed by atoms with Gasteiger partial charge in [-0.15, -0.1) is 0 Å². The van der Waals surface area contributed by atoms with Crippen molar-refractivity contribution >= 4 is 29.2 Å². The van der Waals surface area contributed by atoms with Gasteiger partial charge in [0.05, 0.1) is 24.5 Å². The summed E-state index contributed by atoms with van der Waals surface area (Å²) in [7, 11) is 6.29. The first-order chi connectivity index (χ1) is 16.3. The summed E-state index contributed by atoms with van der Waals surface area (Å²) in [5.41, 5.74) is 2.71. The van der Waals surface area contributed by atoms with Crippen molar-refractivity contribution < 1.29 is 39.3 Å². The van der Waals surface area contributed by atoms with Gasteiger partial charge in [0, 0.05) is 31.6 Å². The van der Waals surface area contributed by atoms with Gasteiger partial charge in [0.15, 0.2) is 23.0 Å². The minimum absolute atomic E-state index is 0.0305. The van der Waals surface area contributed by atoms with Gasteiger partial charge in [-0.3, -0.25) is 24.0 Å². The van der Waals surface area contributed by atoms with Crippen molar-refractivity contribution in [1.82, 2.24) is 9.80 Å². The fourth-order valence-electron chi connectivity index (χ4n) is 5.51. The maximum Gasteiger partial charge on any atom is 0.253 e. The second-order valence-corrected chi connectivity index (χ2v) is 9.74. The molecule has 35 heavy (non-hydrogen) atoms. The first-order valence-corrected chi connectivity index (χ1v) is 11.2. The Morgan fingerprint density at radius 1 is 1.17 bits per heavy atom.